The number of rotatable bonds is 0. The molecule has 2 nitrogen and oxygen atoms in total. The molecule has 0 aromatic heterocycles. The Morgan fingerprint density at radius 2 is 0.833 bits per heavy atom. The van der Waals surface area contributed by atoms with Crippen molar-refractivity contribution in [1.82, 2.24) is 0 Å². The molecule has 0 amide bonds. The first-order valence-corrected chi connectivity index (χ1v) is 3.00. The van der Waals surface area contributed by atoms with Gasteiger partial charge < -0.3 is 0 Å². The first-order valence-electron chi connectivity index (χ1n) is 0.577. The van der Waals surface area contributed by atoms with Gasteiger partial charge in [-0.15, -0.1) is 0 Å². The van der Waals surface area contributed by atoms with Crippen molar-refractivity contribution in [1.29, 1.82) is 0 Å². The smallest absolute Gasteiger partial charge is 0 e. The van der Waals surface area contributed by atoms with Gasteiger partial charge in [0.05, 0.1) is 0 Å². The third-order valence-corrected chi connectivity index (χ3v) is 0. The fourth-order valence-electron chi connectivity index (χ4n) is 0. The molecule has 0 heterocycles. The van der Waals surface area contributed by atoms with Crippen molar-refractivity contribution in [2.24, 2.45) is 0 Å². The molecule has 0 saturated carbocycles. The summed E-state index contributed by atoms with van der Waals surface area (Å²) in [6.45, 7) is 0. The summed E-state index contributed by atoms with van der Waals surface area (Å²) in [6.07, 6.45) is 0. The molecule has 6 heavy (non-hydrogen) atoms. The molecular formula is H4O2SnZn3. The van der Waals surface area contributed by atoms with Gasteiger partial charge in [0.1, 0.15) is 0 Å². The van der Waals surface area contributed by atoms with E-state index in [0.29, 0.717) is 0 Å². The van der Waals surface area contributed by atoms with Crippen LogP contribution in [0.3, 0.4) is 0 Å². The Labute approximate surface area is 85.8 Å². The molecule has 6 heteroatoms. The van der Waals surface area contributed by atoms with Crippen molar-refractivity contribution < 1.29 is 63.1 Å². The van der Waals surface area contributed by atoms with Gasteiger partial charge in [-0.25, -0.2) is 0 Å². The summed E-state index contributed by atoms with van der Waals surface area (Å²) in [5, 5.41) is 0. The van der Waals surface area contributed by atoms with Gasteiger partial charge in [0, 0.05) is 19.5 Å². The van der Waals surface area contributed by atoms with Crippen LogP contribution in [0.1, 0.15) is 0 Å². The van der Waals surface area contributed by atoms with Crippen LogP contribution in [0.5, 0.6) is 0 Å². The summed E-state index contributed by atoms with van der Waals surface area (Å²) < 4.78 is 16.8. The van der Waals surface area contributed by atoms with E-state index in [0.717, 1.165) is 0 Å². The van der Waals surface area contributed by atoms with Crippen molar-refractivity contribution in [3.63, 3.8) is 0 Å². The molecule has 0 fully saturated rings. The van der Waals surface area contributed by atoms with Crippen molar-refractivity contribution >= 4 is 23.9 Å². The summed E-state index contributed by atoms with van der Waals surface area (Å²) in [5.74, 6) is 0. The van der Waals surface area contributed by atoms with Crippen LogP contribution in [0, 0.1) is 0 Å². The van der Waals surface area contributed by atoms with E-state index in [2.05, 4.69) is 0 Å². The van der Waals surface area contributed by atoms with Crippen molar-refractivity contribution in [2.75, 3.05) is 0 Å². The third kappa shape index (κ3) is 33.8. The van der Waals surface area contributed by atoms with E-state index in [1.165, 1.54) is 0 Å². The van der Waals surface area contributed by atoms with Crippen LogP contribution in [0.15, 0.2) is 0 Å². The maximum atomic E-state index is 8.38. The molecule has 0 saturated heterocycles. The van der Waals surface area contributed by atoms with E-state index in [4.69, 9.17) is 7.15 Å². The molecule has 0 bridgehead atoms. The van der Waals surface area contributed by atoms with Gasteiger partial charge in [0.2, 0.25) is 0 Å². The van der Waals surface area contributed by atoms with Crippen molar-refractivity contribution in [3.8, 4) is 0 Å². The average molecular weight is 351 g/mol. The first-order chi connectivity index (χ1) is 2.00. The minimum absolute atomic E-state index is 0. The van der Waals surface area contributed by atoms with Crippen LogP contribution >= 0.6 is 0 Å². The Balaban J connectivity index is -0.00000000500. The van der Waals surface area contributed by atoms with Crippen LogP contribution in [0.25, 0.3) is 0 Å². The van der Waals surface area contributed by atoms with E-state index in [1.807, 2.05) is 0 Å². The van der Waals surface area contributed by atoms with E-state index in [9.17, 15) is 0 Å². The molecule has 0 N–H and O–H groups in total. The summed E-state index contributed by atoms with van der Waals surface area (Å²) in [5.41, 5.74) is 0. The Bertz CT molecular complexity index is 10.8. The Morgan fingerprint density at radius 3 is 0.833 bits per heavy atom. The zero-order valence-corrected chi connectivity index (χ0v) is 11.8. The van der Waals surface area contributed by atoms with Gasteiger partial charge >= 0.3 is 67.6 Å². The summed E-state index contributed by atoms with van der Waals surface area (Å²) in [6, 6.07) is 0. The second-order valence-electron chi connectivity index (χ2n) is 0. The maximum absolute atomic E-state index is 8.38. The molecule has 0 spiro atoms. The van der Waals surface area contributed by atoms with Gasteiger partial charge in [-0.2, -0.15) is 0 Å². The van der Waals surface area contributed by atoms with Crippen LogP contribution in [-0.4, -0.2) is 23.9 Å². The molecule has 0 unspecified atom stereocenters. The average Bonchev–Trinajstić information content (AvgIpc) is 1.50. The molecular weight excluding hydrogens is 347 g/mol. The topological polar surface area (TPSA) is 34.1 Å². The van der Waals surface area contributed by atoms with Gasteiger partial charge in [0.25, 0.3) is 0 Å². The van der Waals surface area contributed by atoms with E-state index < -0.39 is 0 Å². The zero-order valence-electron chi connectivity index (χ0n) is 2.94. The predicted octanol–water partition coefficient (Wildman–Crippen LogP) is -1.70. The van der Waals surface area contributed by atoms with Gasteiger partial charge in [-0.1, -0.05) is 0 Å². The predicted molar refractivity (Wildman–Crippen MR) is 12.7 cm³/mol. The van der Waals surface area contributed by atoms with E-state index in [-0.39, 0.29) is 79.9 Å². The van der Waals surface area contributed by atoms with Gasteiger partial charge in [0.15, 0.2) is 0 Å². The van der Waals surface area contributed by atoms with Gasteiger partial charge in [-0.05, 0) is 0 Å². The molecule has 26 valence electrons. The monoisotopic (exact) mass is 348 g/mol. The van der Waals surface area contributed by atoms with E-state index in [1.54, 1.807) is 0 Å². The van der Waals surface area contributed by atoms with Crippen molar-refractivity contribution in [2.45, 2.75) is 0 Å². The standard InChI is InChI=1S/2O.Sn.3Zn.4H. The molecule has 0 radical (unpaired) electrons. The Morgan fingerprint density at radius 1 is 0.833 bits per heavy atom. The fourth-order valence-corrected chi connectivity index (χ4v) is 0. The van der Waals surface area contributed by atoms with Crippen molar-refractivity contribution in [3.05, 3.63) is 0 Å². The third-order valence-electron chi connectivity index (χ3n) is 0. The van der Waals surface area contributed by atoms with Crippen LogP contribution in [0.4, 0.5) is 0 Å². The fraction of sp³-hybridized carbons (Fsp3) is 0. The first kappa shape index (κ1) is 24.0. The summed E-state index contributed by atoms with van der Waals surface area (Å²) in [7, 11) is 0. The van der Waals surface area contributed by atoms with Crippen LogP contribution in [0.2, 0.25) is 0 Å². The summed E-state index contributed by atoms with van der Waals surface area (Å²) >= 11 is 0.250. The molecule has 0 aliphatic heterocycles. The molecule has 0 atom stereocenters. The van der Waals surface area contributed by atoms with Gasteiger partial charge in [-0.3, -0.25) is 0 Å². The SMILES string of the molecule is [O]=[Zn].[O]=[Zn].[SnH4].[Zn]. The number of hydrogen-bond donors (Lipinski definition) is 0. The maximum Gasteiger partial charge on any atom is 0 e. The minimum atomic E-state index is 0. The Hall–Kier alpha value is 2.27. The second kappa shape index (κ2) is 55.5. The molecule has 0 aliphatic carbocycles. The normalized spacial score (nSPS) is 2.00. The second-order valence-corrected chi connectivity index (χ2v) is 0. The molecule has 0 aromatic rings. The largest absolute Gasteiger partial charge is 0 e. The van der Waals surface area contributed by atoms with E-state index >= 15 is 0 Å². The van der Waals surface area contributed by atoms with Crippen LogP contribution < -0.4 is 0 Å². The molecule has 0 aliphatic rings. The zero-order chi connectivity index (χ0) is 4.00. The summed E-state index contributed by atoms with van der Waals surface area (Å²) in [4.78, 5) is 0. The molecule has 0 rings (SSSR count). The quantitative estimate of drug-likeness (QED) is 0.488. The Kier molecular flexibility index (Phi) is 222. The minimum Gasteiger partial charge on any atom is 0 e. The van der Waals surface area contributed by atoms with Crippen LogP contribution in [-0.2, 0) is 63.1 Å². The number of hydrogen-bond acceptors (Lipinski definition) is 2. The molecule has 0 aromatic carbocycles.